The van der Waals surface area contributed by atoms with Gasteiger partial charge >= 0.3 is 0 Å². The van der Waals surface area contributed by atoms with E-state index in [9.17, 15) is 14.4 Å². The van der Waals surface area contributed by atoms with Gasteiger partial charge < -0.3 is 20.5 Å². The van der Waals surface area contributed by atoms with Crippen molar-refractivity contribution in [3.05, 3.63) is 78.1 Å². The van der Waals surface area contributed by atoms with Crippen LogP contribution in [0, 0.1) is 0 Å². The molecule has 0 bridgehead atoms. The summed E-state index contributed by atoms with van der Waals surface area (Å²) in [6.07, 6.45) is 3.36. The first kappa shape index (κ1) is 20.8. The van der Waals surface area contributed by atoms with E-state index in [1.807, 2.05) is 24.3 Å². The number of carbonyl (C=O) groups excluding carboxylic acids is 3. The van der Waals surface area contributed by atoms with Crippen LogP contribution >= 0.6 is 11.8 Å². The maximum absolute atomic E-state index is 12.8. The summed E-state index contributed by atoms with van der Waals surface area (Å²) in [6.45, 7) is 0. The van der Waals surface area contributed by atoms with Crippen molar-refractivity contribution in [1.29, 1.82) is 0 Å². The van der Waals surface area contributed by atoms with Crippen LogP contribution in [0.25, 0.3) is 11.0 Å². The highest BCUT2D eigenvalue weighted by Crippen LogP contribution is 2.36. The molecule has 4 aromatic rings. The number of nitrogens with one attached hydrogen (secondary N) is 3. The first-order valence-corrected chi connectivity index (χ1v) is 11.2. The molecule has 1 aliphatic rings. The largest absolute Gasteiger partial charge is 0.346 e. The van der Waals surface area contributed by atoms with E-state index in [-0.39, 0.29) is 17.7 Å². The highest BCUT2D eigenvalue weighted by Gasteiger charge is 2.22. The molecular formula is C24H19N5O3S. The summed E-state index contributed by atoms with van der Waals surface area (Å²) in [4.78, 5) is 47.2. The van der Waals surface area contributed by atoms with E-state index >= 15 is 0 Å². The van der Waals surface area contributed by atoms with Crippen LogP contribution in [0.3, 0.4) is 0 Å². The monoisotopic (exact) mass is 457 g/mol. The Hall–Kier alpha value is -4.11. The third-order valence-corrected chi connectivity index (χ3v) is 6.38. The van der Waals surface area contributed by atoms with Gasteiger partial charge in [0.1, 0.15) is 5.65 Å². The summed E-state index contributed by atoms with van der Waals surface area (Å²) in [5, 5.41) is 6.57. The number of thioether (sulfide) groups is 1. The fourth-order valence-corrected chi connectivity index (χ4v) is 4.61. The van der Waals surface area contributed by atoms with Crippen LogP contribution in [0.5, 0.6) is 0 Å². The second kappa shape index (κ2) is 8.44. The predicted octanol–water partition coefficient (Wildman–Crippen LogP) is 4.14. The van der Waals surface area contributed by atoms with Crippen LogP contribution in [-0.4, -0.2) is 40.5 Å². The van der Waals surface area contributed by atoms with E-state index in [2.05, 4.69) is 20.6 Å². The molecule has 3 N–H and O–H groups in total. The number of hydrogen-bond acceptors (Lipinski definition) is 5. The molecule has 9 heteroatoms. The van der Waals surface area contributed by atoms with E-state index in [1.54, 1.807) is 54.7 Å². The van der Waals surface area contributed by atoms with E-state index < -0.39 is 0 Å². The standard InChI is InChI=1S/C24H19N5O3S/c1-29-19-6-5-17(11-20(19)33-13-21(29)30)27-23(31)15-3-2-4-16(9-15)24(32)28-18-10-14-7-8-25-22(14)26-12-18/h2-12H,13H2,1H3,(H,25,26)(H,27,31)(H,28,32). The quantitative estimate of drug-likeness (QED) is 0.427. The molecule has 1 aliphatic heterocycles. The second-order valence-electron chi connectivity index (χ2n) is 7.55. The average molecular weight is 458 g/mol. The molecule has 0 unspecified atom stereocenters. The number of nitrogens with zero attached hydrogens (tertiary/aromatic N) is 2. The molecule has 0 saturated heterocycles. The number of rotatable bonds is 4. The van der Waals surface area contributed by atoms with E-state index in [4.69, 9.17) is 0 Å². The van der Waals surface area contributed by atoms with Gasteiger partial charge in [0.05, 0.1) is 23.3 Å². The van der Waals surface area contributed by atoms with Gasteiger partial charge in [-0.1, -0.05) is 6.07 Å². The van der Waals surface area contributed by atoms with Crippen molar-refractivity contribution in [2.75, 3.05) is 28.3 Å². The summed E-state index contributed by atoms with van der Waals surface area (Å²) in [5.41, 5.74) is 3.47. The molecule has 0 spiro atoms. The lowest BCUT2D eigenvalue weighted by Crippen LogP contribution is -2.31. The fraction of sp³-hybridized carbons (Fsp3) is 0.0833. The van der Waals surface area contributed by atoms with E-state index in [0.29, 0.717) is 28.3 Å². The number of amides is 3. The third-order valence-electron chi connectivity index (χ3n) is 5.35. The van der Waals surface area contributed by atoms with Gasteiger partial charge in [-0.25, -0.2) is 4.98 Å². The van der Waals surface area contributed by atoms with Gasteiger partial charge in [-0.05, 0) is 48.5 Å². The van der Waals surface area contributed by atoms with Crippen LogP contribution < -0.4 is 15.5 Å². The first-order chi connectivity index (χ1) is 16.0. The summed E-state index contributed by atoms with van der Waals surface area (Å²) < 4.78 is 0. The number of H-pyrrole nitrogens is 1. The first-order valence-electron chi connectivity index (χ1n) is 10.2. The van der Waals surface area contributed by atoms with Gasteiger partial charge in [0.2, 0.25) is 5.91 Å². The van der Waals surface area contributed by atoms with Crippen LogP contribution in [-0.2, 0) is 4.79 Å². The van der Waals surface area contributed by atoms with Crippen molar-refractivity contribution < 1.29 is 14.4 Å². The Morgan fingerprint density at radius 1 is 1.00 bits per heavy atom. The Kier molecular flexibility index (Phi) is 5.31. The Balaban J connectivity index is 1.30. The molecule has 2 aromatic carbocycles. The molecular weight excluding hydrogens is 438 g/mol. The Morgan fingerprint density at radius 2 is 1.76 bits per heavy atom. The van der Waals surface area contributed by atoms with Crippen LogP contribution in [0.2, 0.25) is 0 Å². The van der Waals surface area contributed by atoms with Crippen LogP contribution in [0.4, 0.5) is 17.1 Å². The summed E-state index contributed by atoms with van der Waals surface area (Å²) in [5.74, 6) is -0.252. The molecule has 0 atom stereocenters. The lowest BCUT2D eigenvalue weighted by atomic mass is 10.1. The normalized spacial score (nSPS) is 13.0. The van der Waals surface area contributed by atoms with Gasteiger partial charge in [0, 0.05) is 40.3 Å². The summed E-state index contributed by atoms with van der Waals surface area (Å²) >= 11 is 1.44. The predicted molar refractivity (Wildman–Crippen MR) is 129 cm³/mol. The van der Waals surface area contributed by atoms with E-state index in [1.165, 1.54) is 11.8 Å². The molecule has 0 aliphatic carbocycles. The maximum atomic E-state index is 12.8. The lowest BCUT2D eigenvalue weighted by Gasteiger charge is -2.25. The molecule has 164 valence electrons. The van der Waals surface area contributed by atoms with Crippen LogP contribution in [0.15, 0.2) is 71.9 Å². The molecule has 8 nitrogen and oxygen atoms in total. The Bertz CT molecular complexity index is 1410. The number of benzene rings is 2. The Morgan fingerprint density at radius 3 is 2.55 bits per heavy atom. The van der Waals surface area contributed by atoms with Gasteiger partial charge in [-0.15, -0.1) is 11.8 Å². The zero-order valence-electron chi connectivity index (χ0n) is 17.6. The minimum atomic E-state index is -0.334. The summed E-state index contributed by atoms with van der Waals surface area (Å²) in [7, 11) is 1.74. The number of carbonyl (C=O) groups is 3. The third kappa shape index (κ3) is 4.18. The molecule has 0 radical (unpaired) electrons. The van der Waals surface area contributed by atoms with Gasteiger partial charge in [-0.3, -0.25) is 14.4 Å². The van der Waals surface area contributed by atoms with E-state index in [0.717, 1.165) is 21.6 Å². The number of fused-ring (bicyclic) bond motifs is 2. The molecule has 3 heterocycles. The average Bonchev–Trinajstić information content (AvgIpc) is 3.29. The molecule has 5 rings (SSSR count). The fourth-order valence-electron chi connectivity index (χ4n) is 3.57. The van der Waals surface area contributed by atoms with Crippen molar-refractivity contribution >= 4 is 57.6 Å². The van der Waals surface area contributed by atoms with Crippen molar-refractivity contribution in [3.8, 4) is 0 Å². The minimum absolute atomic E-state index is 0.0446. The summed E-state index contributed by atoms with van der Waals surface area (Å²) in [6, 6.07) is 15.6. The van der Waals surface area contributed by atoms with Gasteiger partial charge in [0.15, 0.2) is 0 Å². The molecule has 0 fully saturated rings. The van der Waals surface area contributed by atoms with Crippen molar-refractivity contribution in [2.24, 2.45) is 0 Å². The second-order valence-corrected chi connectivity index (χ2v) is 8.57. The Labute approximate surface area is 193 Å². The molecule has 33 heavy (non-hydrogen) atoms. The number of aromatic nitrogens is 2. The maximum Gasteiger partial charge on any atom is 0.255 e. The van der Waals surface area contributed by atoms with Crippen molar-refractivity contribution in [1.82, 2.24) is 9.97 Å². The highest BCUT2D eigenvalue weighted by molar-refractivity contribution is 8.00. The number of hydrogen-bond donors (Lipinski definition) is 3. The van der Waals surface area contributed by atoms with Crippen molar-refractivity contribution in [3.63, 3.8) is 0 Å². The smallest absolute Gasteiger partial charge is 0.255 e. The molecule has 2 aromatic heterocycles. The zero-order valence-corrected chi connectivity index (χ0v) is 18.4. The number of aromatic amines is 1. The van der Waals surface area contributed by atoms with Gasteiger partial charge in [0.25, 0.3) is 11.8 Å². The lowest BCUT2D eigenvalue weighted by molar-refractivity contribution is -0.116. The molecule has 3 amide bonds. The van der Waals surface area contributed by atoms with Gasteiger partial charge in [-0.2, -0.15) is 0 Å². The topological polar surface area (TPSA) is 107 Å². The van der Waals surface area contributed by atoms with Crippen molar-refractivity contribution in [2.45, 2.75) is 4.90 Å². The molecule has 0 saturated carbocycles. The zero-order chi connectivity index (χ0) is 22.9. The van der Waals surface area contributed by atoms with Crippen LogP contribution in [0.1, 0.15) is 20.7 Å². The number of anilines is 3. The number of pyridine rings is 1. The SMILES string of the molecule is CN1C(=O)CSc2cc(NC(=O)c3cccc(C(=O)Nc4cnc5[nH]ccc5c4)c3)ccc21. The minimum Gasteiger partial charge on any atom is -0.346 e. The highest BCUT2D eigenvalue weighted by atomic mass is 32.2.